The summed E-state index contributed by atoms with van der Waals surface area (Å²) in [4.78, 5) is 22.0. The first-order valence-electron chi connectivity index (χ1n) is 15.1. The number of hydrogen-bond donors (Lipinski definition) is 3. The van der Waals surface area contributed by atoms with E-state index in [4.69, 9.17) is 5.73 Å². The van der Waals surface area contributed by atoms with Crippen LogP contribution in [-0.2, 0) is 0 Å². The fourth-order valence-electron chi connectivity index (χ4n) is 6.22. The second kappa shape index (κ2) is 13.5. The molecule has 5 rings (SSSR count). The predicted octanol–water partition coefficient (Wildman–Crippen LogP) is 5.42. The number of hydrogen-bond acceptors (Lipinski definition) is 6. The van der Waals surface area contributed by atoms with E-state index < -0.39 is 6.23 Å². The van der Waals surface area contributed by atoms with Gasteiger partial charge in [-0.15, -0.1) is 0 Å². The lowest BCUT2D eigenvalue weighted by molar-refractivity contribution is 0.0323. The highest BCUT2D eigenvalue weighted by molar-refractivity contribution is 5.95. The van der Waals surface area contributed by atoms with Gasteiger partial charge in [-0.25, -0.2) is 4.99 Å². The Bertz CT molecular complexity index is 1430. The van der Waals surface area contributed by atoms with Crippen molar-refractivity contribution in [2.24, 2.45) is 16.6 Å². The monoisotopic (exact) mass is 566 g/mol. The molecule has 3 aromatic rings. The van der Waals surface area contributed by atoms with Crippen LogP contribution in [0.5, 0.6) is 0 Å². The summed E-state index contributed by atoms with van der Waals surface area (Å²) >= 11 is 0. The lowest BCUT2D eigenvalue weighted by Crippen LogP contribution is -2.38. The molecule has 0 aliphatic carbocycles. The molecule has 1 fully saturated rings. The maximum absolute atomic E-state index is 13.4. The number of rotatable bonds is 10. The molecular weight excluding hydrogens is 524 g/mol. The van der Waals surface area contributed by atoms with E-state index in [9.17, 15) is 15.0 Å². The Morgan fingerprint density at radius 1 is 1.00 bits per heavy atom. The quantitative estimate of drug-likeness (QED) is 0.285. The van der Waals surface area contributed by atoms with Gasteiger partial charge in [-0.2, -0.15) is 0 Å². The largest absolute Gasteiger partial charge is 0.396 e. The summed E-state index contributed by atoms with van der Waals surface area (Å²) in [7, 11) is 0. The summed E-state index contributed by atoms with van der Waals surface area (Å²) < 4.78 is 0. The summed E-state index contributed by atoms with van der Waals surface area (Å²) in [6, 6.07) is 23.9. The van der Waals surface area contributed by atoms with E-state index in [1.807, 2.05) is 71.6 Å². The van der Waals surface area contributed by atoms with E-state index >= 15 is 0 Å². The highest BCUT2D eigenvalue weighted by atomic mass is 16.3. The van der Waals surface area contributed by atoms with Crippen molar-refractivity contribution < 1.29 is 15.0 Å². The van der Waals surface area contributed by atoms with Crippen molar-refractivity contribution in [2.75, 3.05) is 32.8 Å². The van der Waals surface area contributed by atoms with E-state index in [0.717, 1.165) is 59.4 Å². The fraction of sp³-hybridized carbons (Fsp3) is 0.371. The molecule has 1 saturated heterocycles. The summed E-state index contributed by atoms with van der Waals surface area (Å²) in [6.45, 7) is 7.07. The number of benzene rings is 3. The first-order valence-corrected chi connectivity index (χ1v) is 15.1. The normalized spacial score (nSPS) is 19.2. The average molecular weight is 567 g/mol. The number of aliphatic imine (C=N–C) groups is 1. The van der Waals surface area contributed by atoms with Gasteiger partial charge in [0.15, 0.2) is 0 Å². The lowest BCUT2D eigenvalue weighted by atomic mass is 9.90. The number of aliphatic hydroxyl groups is 2. The van der Waals surface area contributed by atoms with Crippen molar-refractivity contribution in [1.82, 2.24) is 9.80 Å². The Hall–Kier alpha value is -3.78. The van der Waals surface area contributed by atoms with Crippen LogP contribution in [-0.4, -0.2) is 70.8 Å². The van der Waals surface area contributed by atoms with Gasteiger partial charge in [0.2, 0.25) is 0 Å². The Labute approximate surface area is 249 Å². The second-order valence-corrected chi connectivity index (χ2v) is 11.4. The number of nitrogens with zero attached hydrogens (tertiary/aromatic N) is 3. The third-order valence-corrected chi connectivity index (χ3v) is 8.38. The van der Waals surface area contributed by atoms with Crippen molar-refractivity contribution in [3.63, 3.8) is 0 Å². The van der Waals surface area contributed by atoms with Gasteiger partial charge in [0.1, 0.15) is 12.1 Å². The van der Waals surface area contributed by atoms with Crippen LogP contribution in [0.4, 0.5) is 5.69 Å². The minimum atomic E-state index is -0.694. The number of nitrogens with two attached hydrogens (primary N) is 1. The van der Waals surface area contributed by atoms with Gasteiger partial charge in [0, 0.05) is 62.2 Å². The number of fused-ring (bicyclic) bond motifs is 1. The summed E-state index contributed by atoms with van der Waals surface area (Å²) in [5.41, 5.74) is 12.6. The predicted molar refractivity (Wildman–Crippen MR) is 170 cm³/mol. The molecule has 2 heterocycles. The van der Waals surface area contributed by atoms with Gasteiger partial charge in [0.25, 0.3) is 5.91 Å². The molecule has 220 valence electrons. The summed E-state index contributed by atoms with van der Waals surface area (Å²) in [5, 5.41) is 21.1. The van der Waals surface area contributed by atoms with Crippen LogP contribution >= 0.6 is 0 Å². The molecule has 7 nitrogen and oxygen atoms in total. The number of carbonyl (C=O) groups excluding carboxylic acids is 1. The highest BCUT2D eigenvalue weighted by Crippen LogP contribution is 2.35. The number of carbonyl (C=O) groups is 1. The van der Waals surface area contributed by atoms with E-state index in [0.29, 0.717) is 30.9 Å². The van der Waals surface area contributed by atoms with Crippen LogP contribution in [0.15, 0.2) is 83.4 Å². The first-order chi connectivity index (χ1) is 20.4. The van der Waals surface area contributed by atoms with Crippen LogP contribution in [0.25, 0.3) is 17.2 Å². The van der Waals surface area contributed by atoms with Gasteiger partial charge in [0.05, 0.1) is 5.69 Å². The van der Waals surface area contributed by atoms with Crippen molar-refractivity contribution in [3.05, 3.63) is 95.1 Å². The molecule has 2 aliphatic rings. The summed E-state index contributed by atoms with van der Waals surface area (Å²) in [6.07, 6.45) is 3.68. The van der Waals surface area contributed by atoms with Crippen molar-refractivity contribution in [3.8, 4) is 11.1 Å². The molecule has 3 aromatic carbocycles. The third kappa shape index (κ3) is 6.49. The molecule has 7 heteroatoms. The number of amides is 1. The molecule has 0 radical (unpaired) electrons. The third-order valence-electron chi connectivity index (χ3n) is 8.38. The molecule has 0 spiro atoms. The van der Waals surface area contributed by atoms with Gasteiger partial charge >= 0.3 is 0 Å². The SMILES string of the molecule is CCCN(CCC)C(O)C1=Cc2ccc(-c3ccc(C(=O)N4CC(CO)C(c5ccccc5)C4)cc3)cc2N=C(N)C1. The zero-order valence-electron chi connectivity index (χ0n) is 24.6. The highest BCUT2D eigenvalue weighted by Gasteiger charge is 2.36. The number of likely N-dealkylation sites (tertiary alicyclic amines) is 1. The number of amidine groups is 1. The standard InChI is InChI=1S/C35H42N4O3/c1-3-16-38(17-4-2)35(42)29-18-28-15-14-27(19-32(28)37-33(36)20-29)24-10-12-26(13-11-24)34(41)39-21-30(23-40)31(22-39)25-8-6-5-7-9-25/h5-15,18-19,30-31,35,40,42H,3-4,16-17,20-23H2,1-2H3,(H2,36,37). The molecule has 1 amide bonds. The Morgan fingerprint density at radius 3 is 2.36 bits per heavy atom. The number of aliphatic hydroxyl groups excluding tert-OH is 2. The minimum absolute atomic E-state index is 0.0193. The summed E-state index contributed by atoms with van der Waals surface area (Å²) in [5.74, 6) is 0.615. The Balaban J connectivity index is 1.33. The smallest absolute Gasteiger partial charge is 0.253 e. The van der Waals surface area contributed by atoms with Gasteiger partial charge in [-0.3, -0.25) is 9.69 Å². The molecule has 0 saturated carbocycles. The molecule has 3 atom stereocenters. The van der Waals surface area contributed by atoms with Gasteiger partial charge in [-0.1, -0.05) is 68.4 Å². The molecule has 3 unspecified atom stereocenters. The zero-order valence-corrected chi connectivity index (χ0v) is 24.6. The van der Waals surface area contributed by atoms with Crippen LogP contribution < -0.4 is 5.73 Å². The van der Waals surface area contributed by atoms with Gasteiger partial charge in [-0.05, 0) is 59.4 Å². The van der Waals surface area contributed by atoms with Crippen LogP contribution in [0, 0.1) is 5.92 Å². The maximum atomic E-state index is 13.4. The van der Waals surface area contributed by atoms with E-state index in [-0.39, 0.29) is 24.3 Å². The van der Waals surface area contributed by atoms with Crippen LogP contribution in [0.3, 0.4) is 0 Å². The van der Waals surface area contributed by atoms with Crippen molar-refractivity contribution >= 4 is 23.5 Å². The van der Waals surface area contributed by atoms with Gasteiger partial charge < -0.3 is 20.8 Å². The molecule has 4 N–H and O–H groups in total. The van der Waals surface area contributed by atoms with E-state index in [2.05, 4.69) is 35.9 Å². The fourth-order valence-corrected chi connectivity index (χ4v) is 6.22. The Morgan fingerprint density at radius 2 is 1.69 bits per heavy atom. The van der Waals surface area contributed by atoms with E-state index in [1.165, 1.54) is 0 Å². The molecule has 42 heavy (non-hydrogen) atoms. The maximum Gasteiger partial charge on any atom is 0.253 e. The zero-order chi connectivity index (χ0) is 29.6. The average Bonchev–Trinajstić information content (AvgIpc) is 3.38. The minimum Gasteiger partial charge on any atom is -0.396 e. The topological polar surface area (TPSA) is 102 Å². The molecule has 2 aliphatic heterocycles. The molecule has 0 aromatic heterocycles. The Kier molecular flexibility index (Phi) is 9.52. The lowest BCUT2D eigenvalue weighted by Gasteiger charge is -2.28. The van der Waals surface area contributed by atoms with Crippen molar-refractivity contribution in [2.45, 2.75) is 45.3 Å². The van der Waals surface area contributed by atoms with Crippen molar-refractivity contribution in [1.29, 1.82) is 0 Å². The second-order valence-electron chi connectivity index (χ2n) is 11.4. The van der Waals surface area contributed by atoms with Crippen LogP contribution in [0.1, 0.15) is 60.5 Å². The molecule has 0 bridgehead atoms. The van der Waals surface area contributed by atoms with E-state index in [1.54, 1.807) is 0 Å². The molecular formula is C35H42N4O3. The van der Waals surface area contributed by atoms with Crippen LogP contribution in [0.2, 0.25) is 0 Å². The first kappa shape index (κ1) is 29.7.